The predicted octanol–water partition coefficient (Wildman–Crippen LogP) is 4.56. The van der Waals surface area contributed by atoms with E-state index in [1.54, 1.807) is 0 Å². The van der Waals surface area contributed by atoms with Crippen LogP contribution in [-0.2, 0) is 17.6 Å². The Morgan fingerprint density at radius 1 is 0.525 bits per heavy atom. The van der Waals surface area contributed by atoms with Gasteiger partial charge in [-0.05, 0) is 45.8 Å². The molecule has 6 rings (SSSR count). The van der Waals surface area contributed by atoms with E-state index in [0.717, 1.165) is 22.5 Å². The monoisotopic (exact) mass is 526 g/mol. The summed E-state index contributed by atoms with van der Waals surface area (Å²) in [4.78, 5) is 17.4. The number of Topliss-reactive ketones (excluding diaryl/α,β-unsaturated/α-hetero) is 1. The van der Waals surface area contributed by atoms with Crippen LogP contribution in [0.1, 0.15) is 34.6 Å². The maximum Gasteiger partial charge on any atom is 0.176 e. The number of para-hydroxylation sites is 2. The average Bonchev–Trinajstić information content (AvgIpc) is 3.70. The lowest BCUT2D eigenvalue weighted by Crippen LogP contribution is -2.25. The number of hydrogen-bond donors (Lipinski definition) is 0. The van der Waals surface area contributed by atoms with Gasteiger partial charge in [0.1, 0.15) is 5.78 Å². The third-order valence-electron chi connectivity index (χ3n) is 6.75. The fraction of sp³-hybridized carbons (Fsp3) is 0.129. The zero-order valence-electron chi connectivity index (χ0n) is 21.6. The third-order valence-corrected chi connectivity index (χ3v) is 6.75. The maximum absolute atomic E-state index is 14.4. The van der Waals surface area contributed by atoms with E-state index in [1.807, 2.05) is 121 Å². The molecule has 4 aromatic carbocycles. The van der Waals surface area contributed by atoms with Gasteiger partial charge in [0.25, 0.3) is 0 Å². The van der Waals surface area contributed by atoms with Crippen molar-refractivity contribution in [1.29, 1.82) is 0 Å². The lowest BCUT2D eigenvalue weighted by molar-refractivity contribution is -0.122. The van der Waals surface area contributed by atoms with Crippen LogP contribution in [0, 0.1) is 0 Å². The molecule has 2 atom stereocenters. The second kappa shape index (κ2) is 11.6. The van der Waals surface area contributed by atoms with Gasteiger partial charge in [0.05, 0.1) is 23.2 Å². The number of aromatic nitrogens is 8. The highest BCUT2D eigenvalue weighted by Gasteiger charge is 2.32. The summed E-state index contributed by atoms with van der Waals surface area (Å²) in [7, 11) is 0. The van der Waals surface area contributed by atoms with Crippen molar-refractivity contribution in [2.24, 2.45) is 0 Å². The Bertz CT molecular complexity index is 1540. The first-order valence-corrected chi connectivity index (χ1v) is 13.1. The van der Waals surface area contributed by atoms with Gasteiger partial charge in [-0.1, -0.05) is 97.1 Å². The van der Waals surface area contributed by atoms with Crippen LogP contribution in [0.2, 0.25) is 0 Å². The average molecular weight is 527 g/mol. The Hall–Kier alpha value is -5.31. The van der Waals surface area contributed by atoms with E-state index < -0.39 is 11.8 Å². The Kier molecular flexibility index (Phi) is 7.25. The van der Waals surface area contributed by atoms with Gasteiger partial charge in [-0.15, -0.1) is 30.0 Å². The highest BCUT2D eigenvalue weighted by molar-refractivity contribution is 5.92. The topological polar surface area (TPSA) is 104 Å². The molecule has 0 saturated carbocycles. The number of carbonyl (C=O) groups is 1. The number of benzene rings is 4. The minimum absolute atomic E-state index is 0.0320. The second-order valence-corrected chi connectivity index (χ2v) is 9.40. The van der Waals surface area contributed by atoms with Crippen LogP contribution in [0.3, 0.4) is 0 Å². The molecule has 0 aliphatic heterocycles. The molecular formula is C31H26N8O. The van der Waals surface area contributed by atoms with Crippen LogP contribution in [0.5, 0.6) is 0 Å². The molecule has 0 bridgehead atoms. The minimum atomic E-state index is -0.496. The van der Waals surface area contributed by atoms with Gasteiger partial charge < -0.3 is 0 Å². The van der Waals surface area contributed by atoms with Gasteiger partial charge in [0.15, 0.2) is 11.6 Å². The Balaban J connectivity index is 1.33. The van der Waals surface area contributed by atoms with E-state index in [0.29, 0.717) is 24.5 Å². The molecule has 0 saturated heterocycles. The zero-order chi connectivity index (χ0) is 27.1. The Morgan fingerprint density at radius 2 is 0.875 bits per heavy atom. The van der Waals surface area contributed by atoms with Crippen LogP contribution in [0.25, 0.3) is 11.4 Å². The van der Waals surface area contributed by atoms with Crippen LogP contribution in [0.15, 0.2) is 121 Å². The molecule has 196 valence electrons. The van der Waals surface area contributed by atoms with E-state index in [2.05, 4.69) is 30.8 Å². The molecule has 6 aromatic rings. The van der Waals surface area contributed by atoms with E-state index in [4.69, 9.17) is 0 Å². The zero-order valence-corrected chi connectivity index (χ0v) is 21.6. The van der Waals surface area contributed by atoms with Gasteiger partial charge in [-0.3, -0.25) is 4.79 Å². The lowest BCUT2D eigenvalue weighted by atomic mass is 9.80. The summed E-state index contributed by atoms with van der Waals surface area (Å²) in [6.07, 6.45) is 0.617. The molecule has 0 spiro atoms. The van der Waals surface area contributed by atoms with Gasteiger partial charge in [-0.25, -0.2) is 0 Å². The Labute approximate surface area is 231 Å². The molecule has 9 nitrogen and oxygen atoms in total. The van der Waals surface area contributed by atoms with E-state index in [-0.39, 0.29) is 5.78 Å². The summed E-state index contributed by atoms with van der Waals surface area (Å²) in [6, 6.07) is 38.7. The minimum Gasteiger partial charge on any atom is -0.298 e. The SMILES string of the molecule is O=C(C(Cc1nnn(-c2ccccc2)n1)c1ccccc1)C(Cc1nnn(-c2ccccc2)n1)c1ccccc1. The predicted molar refractivity (Wildman–Crippen MR) is 149 cm³/mol. The third kappa shape index (κ3) is 5.58. The van der Waals surface area contributed by atoms with Crippen molar-refractivity contribution < 1.29 is 4.79 Å². The summed E-state index contributed by atoms with van der Waals surface area (Å²) >= 11 is 0. The van der Waals surface area contributed by atoms with Crippen molar-refractivity contribution in [2.45, 2.75) is 24.7 Å². The fourth-order valence-electron chi connectivity index (χ4n) is 4.74. The standard InChI is InChI=1S/C31H26N8O/c40-31(27(23-13-5-1-6-14-23)21-29-32-36-38(34-29)25-17-9-3-10-18-25)28(24-15-7-2-8-16-24)22-30-33-37-39(35-30)26-19-11-4-12-20-26/h1-20,27-28H,21-22H2. The van der Waals surface area contributed by atoms with Crippen molar-refractivity contribution in [3.05, 3.63) is 144 Å². The number of hydrogen-bond acceptors (Lipinski definition) is 7. The first-order valence-electron chi connectivity index (χ1n) is 13.1. The number of carbonyl (C=O) groups excluding carboxylic acids is 1. The summed E-state index contributed by atoms with van der Waals surface area (Å²) in [5.41, 5.74) is 3.40. The Morgan fingerprint density at radius 3 is 1.25 bits per heavy atom. The van der Waals surface area contributed by atoms with Crippen molar-refractivity contribution in [3.8, 4) is 11.4 Å². The van der Waals surface area contributed by atoms with Crippen LogP contribution >= 0.6 is 0 Å². The first-order chi connectivity index (χ1) is 19.7. The second-order valence-electron chi connectivity index (χ2n) is 9.40. The van der Waals surface area contributed by atoms with Crippen LogP contribution < -0.4 is 0 Å². The highest BCUT2D eigenvalue weighted by atomic mass is 16.1. The lowest BCUT2D eigenvalue weighted by Gasteiger charge is -2.22. The molecule has 0 aliphatic rings. The van der Waals surface area contributed by atoms with Crippen LogP contribution in [-0.4, -0.2) is 46.2 Å². The molecule has 9 heteroatoms. The molecule has 2 unspecified atom stereocenters. The van der Waals surface area contributed by atoms with Crippen molar-refractivity contribution >= 4 is 5.78 Å². The van der Waals surface area contributed by atoms with Crippen molar-refractivity contribution in [1.82, 2.24) is 40.4 Å². The summed E-state index contributed by atoms with van der Waals surface area (Å²) in [5, 5.41) is 26.2. The molecule has 40 heavy (non-hydrogen) atoms. The van der Waals surface area contributed by atoms with E-state index >= 15 is 0 Å². The molecule has 0 amide bonds. The maximum atomic E-state index is 14.4. The van der Waals surface area contributed by atoms with Crippen LogP contribution in [0.4, 0.5) is 0 Å². The molecular weight excluding hydrogens is 500 g/mol. The summed E-state index contributed by atoms with van der Waals surface area (Å²) in [5.74, 6) is 0.0227. The molecule has 0 fully saturated rings. The van der Waals surface area contributed by atoms with Crippen molar-refractivity contribution in [3.63, 3.8) is 0 Å². The number of rotatable bonds is 10. The highest BCUT2D eigenvalue weighted by Crippen LogP contribution is 2.31. The number of ketones is 1. The summed E-state index contributed by atoms with van der Waals surface area (Å²) in [6.45, 7) is 0. The van der Waals surface area contributed by atoms with E-state index in [1.165, 1.54) is 9.59 Å². The first kappa shape index (κ1) is 25.0. The van der Waals surface area contributed by atoms with Gasteiger partial charge >= 0.3 is 0 Å². The smallest absolute Gasteiger partial charge is 0.176 e. The van der Waals surface area contributed by atoms with Gasteiger partial charge in [-0.2, -0.15) is 0 Å². The molecule has 0 N–H and O–H groups in total. The summed E-state index contributed by atoms with van der Waals surface area (Å²) < 4.78 is 0. The fourth-order valence-corrected chi connectivity index (χ4v) is 4.74. The number of nitrogens with zero attached hydrogens (tertiary/aromatic N) is 8. The van der Waals surface area contributed by atoms with Gasteiger partial charge in [0.2, 0.25) is 0 Å². The van der Waals surface area contributed by atoms with E-state index in [9.17, 15) is 4.79 Å². The molecule has 2 aromatic heterocycles. The molecule has 0 aliphatic carbocycles. The molecule has 2 heterocycles. The normalized spacial score (nSPS) is 12.6. The van der Waals surface area contributed by atoms with Crippen molar-refractivity contribution in [2.75, 3.05) is 0 Å². The quantitative estimate of drug-likeness (QED) is 0.258. The molecule has 0 radical (unpaired) electrons. The number of tetrazole rings is 2. The largest absolute Gasteiger partial charge is 0.298 e. The van der Waals surface area contributed by atoms with Gasteiger partial charge in [0, 0.05) is 12.8 Å².